The average molecular weight is 389 g/mol. The molecular weight excluding hydrogens is 368 g/mol. The van der Waals surface area contributed by atoms with Gasteiger partial charge < -0.3 is 10.2 Å². The van der Waals surface area contributed by atoms with Crippen molar-refractivity contribution in [2.24, 2.45) is 5.92 Å². The van der Waals surface area contributed by atoms with Crippen molar-refractivity contribution >= 4 is 40.8 Å². The van der Waals surface area contributed by atoms with E-state index in [0.29, 0.717) is 18.1 Å². The molecular formula is C20H21ClN2O2S. The molecule has 6 heteroatoms. The molecule has 1 aromatic heterocycles. The van der Waals surface area contributed by atoms with Gasteiger partial charge in [0.05, 0.1) is 0 Å². The molecule has 136 valence electrons. The van der Waals surface area contributed by atoms with Crippen LogP contribution in [-0.4, -0.2) is 36.9 Å². The Bertz CT molecular complexity index is 823. The summed E-state index contributed by atoms with van der Waals surface area (Å²) in [4.78, 5) is 28.0. The summed E-state index contributed by atoms with van der Waals surface area (Å²) in [5.74, 6) is 0.0865. The second-order valence-electron chi connectivity index (χ2n) is 6.26. The molecule has 1 aliphatic rings. The van der Waals surface area contributed by atoms with Gasteiger partial charge in [-0.15, -0.1) is 11.3 Å². The minimum absolute atomic E-state index is 0.00179. The number of hydrogen-bond acceptors (Lipinski definition) is 3. The Kier molecular flexibility index (Phi) is 6.12. The molecule has 1 aromatic carbocycles. The number of hydrogen-bond donors (Lipinski definition) is 1. The molecule has 1 aliphatic heterocycles. The summed E-state index contributed by atoms with van der Waals surface area (Å²) in [6, 6.07) is 11.8. The fraction of sp³-hybridized carbons (Fsp3) is 0.300. The standard InChI is InChI=1S/C20H21ClN2O2S/c1-22-20(25)14-9-11-23(12-10-14)19(24)8-6-17-5-7-18(26-17)15-3-2-4-16(21)13-15/h2-8,13-14H,9-12H2,1H3,(H,22,25)/b8-6+. The van der Waals surface area contributed by atoms with Crippen molar-refractivity contribution in [1.82, 2.24) is 10.2 Å². The van der Waals surface area contributed by atoms with Gasteiger partial charge in [0.25, 0.3) is 0 Å². The van der Waals surface area contributed by atoms with E-state index in [1.54, 1.807) is 29.4 Å². The zero-order valence-electron chi connectivity index (χ0n) is 14.6. The fourth-order valence-corrected chi connectivity index (χ4v) is 4.16. The van der Waals surface area contributed by atoms with E-state index in [4.69, 9.17) is 11.6 Å². The van der Waals surface area contributed by atoms with Crippen LogP contribution in [0.2, 0.25) is 5.02 Å². The molecule has 4 nitrogen and oxygen atoms in total. The summed E-state index contributed by atoms with van der Waals surface area (Å²) >= 11 is 7.67. The lowest BCUT2D eigenvalue weighted by Crippen LogP contribution is -2.41. The van der Waals surface area contributed by atoms with Crippen LogP contribution in [0.4, 0.5) is 0 Å². The van der Waals surface area contributed by atoms with Gasteiger partial charge in [-0.3, -0.25) is 9.59 Å². The Morgan fingerprint density at radius 3 is 2.69 bits per heavy atom. The Morgan fingerprint density at radius 1 is 1.23 bits per heavy atom. The van der Waals surface area contributed by atoms with Crippen molar-refractivity contribution in [3.05, 3.63) is 52.4 Å². The number of benzene rings is 1. The van der Waals surface area contributed by atoms with Gasteiger partial charge in [0.2, 0.25) is 11.8 Å². The van der Waals surface area contributed by atoms with E-state index >= 15 is 0 Å². The van der Waals surface area contributed by atoms with Crippen LogP contribution in [0.1, 0.15) is 17.7 Å². The molecule has 0 saturated carbocycles. The second-order valence-corrected chi connectivity index (χ2v) is 7.81. The van der Waals surface area contributed by atoms with Crippen LogP contribution >= 0.6 is 22.9 Å². The predicted octanol–water partition coefficient (Wildman–Crippen LogP) is 4.07. The number of thiophene rings is 1. The summed E-state index contributed by atoms with van der Waals surface area (Å²) in [6.07, 6.45) is 4.91. The highest BCUT2D eigenvalue weighted by atomic mass is 35.5. The molecule has 26 heavy (non-hydrogen) atoms. The summed E-state index contributed by atoms with van der Waals surface area (Å²) in [6.45, 7) is 1.25. The zero-order chi connectivity index (χ0) is 18.5. The van der Waals surface area contributed by atoms with Gasteiger partial charge in [-0.2, -0.15) is 0 Å². The molecule has 2 aromatic rings. The topological polar surface area (TPSA) is 49.4 Å². The maximum atomic E-state index is 12.4. The Morgan fingerprint density at radius 2 is 2.00 bits per heavy atom. The van der Waals surface area contributed by atoms with E-state index in [1.807, 2.05) is 42.5 Å². The molecule has 0 atom stereocenters. The number of nitrogens with zero attached hydrogens (tertiary/aromatic N) is 1. The molecule has 0 aliphatic carbocycles. The van der Waals surface area contributed by atoms with Crippen molar-refractivity contribution < 1.29 is 9.59 Å². The van der Waals surface area contributed by atoms with E-state index < -0.39 is 0 Å². The van der Waals surface area contributed by atoms with Crippen LogP contribution in [0.3, 0.4) is 0 Å². The summed E-state index contributed by atoms with van der Waals surface area (Å²) in [5, 5.41) is 3.39. The van der Waals surface area contributed by atoms with Gasteiger partial charge in [-0.05, 0) is 48.7 Å². The Labute approximate surface area is 162 Å². The molecule has 1 N–H and O–H groups in total. The molecule has 0 spiro atoms. The van der Waals surface area contributed by atoms with Crippen LogP contribution in [0.25, 0.3) is 16.5 Å². The van der Waals surface area contributed by atoms with E-state index in [2.05, 4.69) is 5.32 Å². The number of nitrogens with one attached hydrogen (secondary N) is 1. The largest absolute Gasteiger partial charge is 0.359 e. The normalized spacial score (nSPS) is 15.4. The molecule has 1 fully saturated rings. The third kappa shape index (κ3) is 4.54. The minimum atomic E-state index is -0.00179. The first-order valence-corrected chi connectivity index (χ1v) is 9.80. The molecule has 0 bridgehead atoms. The van der Waals surface area contributed by atoms with Crippen molar-refractivity contribution in [3.63, 3.8) is 0 Å². The fourth-order valence-electron chi connectivity index (χ4n) is 3.06. The summed E-state index contributed by atoms with van der Waals surface area (Å²) in [7, 11) is 1.65. The molecule has 0 radical (unpaired) electrons. The summed E-state index contributed by atoms with van der Waals surface area (Å²) in [5.41, 5.74) is 1.07. The van der Waals surface area contributed by atoms with Crippen LogP contribution in [0.5, 0.6) is 0 Å². The first-order chi connectivity index (χ1) is 12.6. The van der Waals surface area contributed by atoms with Gasteiger partial charge in [0, 0.05) is 46.9 Å². The van der Waals surface area contributed by atoms with Crippen molar-refractivity contribution in [1.29, 1.82) is 0 Å². The van der Waals surface area contributed by atoms with Crippen LogP contribution < -0.4 is 5.32 Å². The molecule has 0 unspecified atom stereocenters. The number of halogens is 1. The highest BCUT2D eigenvalue weighted by Crippen LogP contribution is 2.30. The van der Waals surface area contributed by atoms with E-state index in [1.165, 1.54) is 0 Å². The first-order valence-electron chi connectivity index (χ1n) is 8.61. The smallest absolute Gasteiger partial charge is 0.246 e. The lowest BCUT2D eigenvalue weighted by atomic mass is 9.96. The molecule has 2 amide bonds. The van der Waals surface area contributed by atoms with Crippen molar-refractivity contribution in [2.45, 2.75) is 12.8 Å². The SMILES string of the molecule is CNC(=O)C1CCN(C(=O)/C=C/c2ccc(-c3cccc(Cl)c3)s2)CC1. The molecule has 3 rings (SSSR count). The van der Waals surface area contributed by atoms with Gasteiger partial charge in [-0.25, -0.2) is 0 Å². The second kappa shape index (κ2) is 8.52. The lowest BCUT2D eigenvalue weighted by molar-refractivity contribution is -0.131. The van der Waals surface area contributed by atoms with E-state index in [0.717, 1.165) is 28.2 Å². The Hall–Kier alpha value is -2.11. The van der Waals surface area contributed by atoms with Crippen LogP contribution in [0.15, 0.2) is 42.5 Å². The number of likely N-dealkylation sites (tertiary alicyclic amines) is 1. The maximum absolute atomic E-state index is 12.4. The third-order valence-electron chi connectivity index (χ3n) is 4.55. The highest BCUT2D eigenvalue weighted by molar-refractivity contribution is 7.16. The molecule has 1 saturated heterocycles. The molecule has 2 heterocycles. The first kappa shape index (κ1) is 18.7. The third-order valence-corrected chi connectivity index (χ3v) is 5.88. The van der Waals surface area contributed by atoms with Crippen LogP contribution in [-0.2, 0) is 9.59 Å². The number of carbonyl (C=O) groups is 2. The van der Waals surface area contributed by atoms with Gasteiger partial charge >= 0.3 is 0 Å². The zero-order valence-corrected chi connectivity index (χ0v) is 16.1. The number of rotatable bonds is 4. The van der Waals surface area contributed by atoms with Gasteiger partial charge in [0.1, 0.15) is 0 Å². The van der Waals surface area contributed by atoms with Gasteiger partial charge in [-0.1, -0.05) is 23.7 Å². The quantitative estimate of drug-likeness (QED) is 0.803. The van der Waals surface area contributed by atoms with E-state index in [9.17, 15) is 9.59 Å². The Balaban J connectivity index is 1.59. The average Bonchev–Trinajstić information content (AvgIpc) is 3.14. The number of amides is 2. The van der Waals surface area contributed by atoms with Crippen molar-refractivity contribution in [2.75, 3.05) is 20.1 Å². The highest BCUT2D eigenvalue weighted by Gasteiger charge is 2.25. The lowest BCUT2D eigenvalue weighted by Gasteiger charge is -2.30. The number of piperidine rings is 1. The maximum Gasteiger partial charge on any atom is 0.246 e. The predicted molar refractivity (Wildman–Crippen MR) is 107 cm³/mol. The van der Waals surface area contributed by atoms with Gasteiger partial charge in [0.15, 0.2) is 0 Å². The van der Waals surface area contributed by atoms with Crippen LogP contribution in [0, 0.1) is 5.92 Å². The summed E-state index contributed by atoms with van der Waals surface area (Å²) < 4.78 is 0. The monoisotopic (exact) mass is 388 g/mol. The van der Waals surface area contributed by atoms with Crippen molar-refractivity contribution in [3.8, 4) is 10.4 Å². The van der Waals surface area contributed by atoms with E-state index in [-0.39, 0.29) is 17.7 Å². The number of carbonyl (C=O) groups excluding carboxylic acids is 2. The minimum Gasteiger partial charge on any atom is -0.359 e.